The highest BCUT2D eigenvalue weighted by molar-refractivity contribution is 5.78. The molecule has 1 fully saturated rings. The van der Waals surface area contributed by atoms with E-state index >= 15 is 0 Å². The highest BCUT2D eigenvalue weighted by Gasteiger charge is 2.31. The Morgan fingerprint density at radius 2 is 2.05 bits per heavy atom. The lowest BCUT2D eigenvalue weighted by molar-refractivity contribution is -0.128. The standard InChI is InChI=1S/C17H22N2O/c1-13(2)16-10-17(20)19(12-16)11-15-7-5-14(6-8-15)4-3-9-18/h5-8,13,16H,9-12,18H2,1-2H3. The lowest BCUT2D eigenvalue weighted by Gasteiger charge is -2.18. The minimum Gasteiger partial charge on any atom is -0.338 e. The number of carbonyl (C=O) groups is 1. The quantitative estimate of drug-likeness (QED) is 0.854. The summed E-state index contributed by atoms with van der Waals surface area (Å²) in [5.74, 6) is 7.17. The third-order valence-electron chi connectivity index (χ3n) is 3.85. The van der Waals surface area contributed by atoms with Crippen LogP contribution in [-0.2, 0) is 11.3 Å². The van der Waals surface area contributed by atoms with Crippen LogP contribution in [0.5, 0.6) is 0 Å². The molecular formula is C17H22N2O. The van der Waals surface area contributed by atoms with Crippen molar-refractivity contribution in [3.8, 4) is 11.8 Å². The fourth-order valence-corrected chi connectivity index (χ4v) is 2.47. The molecule has 0 bridgehead atoms. The maximum Gasteiger partial charge on any atom is 0.223 e. The molecule has 1 aliphatic heterocycles. The Balaban J connectivity index is 1.98. The van der Waals surface area contributed by atoms with Gasteiger partial charge in [0.1, 0.15) is 0 Å². The molecule has 0 saturated carbocycles. The van der Waals surface area contributed by atoms with E-state index in [-0.39, 0.29) is 5.91 Å². The molecule has 1 amide bonds. The van der Waals surface area contributed by atoms with E-state index in [2.05, 4.69) is 25.7 Å². The van der Waals surface area contributed by atoms with Gasteiger partial charge >= 0.3 is 0 Å². The molecule has 0 aliphatic carbocycles. The maximum absolute atomic E-state index is 12.0. The van der Waals surface area contributed by atoms with Crippen molar-refractivity contribution in [1.82, 2.24) is 4.90 Å². The molecule has 3 nitrogen and oxygen atoms in total. The van der Waals surface area contributed by atoms with Crippen LogP contribution >= 0.6 is 0 Å². The highest BCUT2D eigenvalue weighted by Crippen LogP contribution is 2.26. The van der Waals surface area contributed by atoms with Gasteiger partial charge in [-0.05, 0) is 29.5 Å². The largest absolute Gasteiger partial charge is 0.338 e. The first-order chi connectivity index (χ1) is 9.60. The first kappa shape index (κ1) is 14.6. The average Bonchev–Trinajstić information content (AvgIpc) is 2.80. The van der Waals surface area contributed by atoms with Gasteiger partial charge in [0.2, 0.25) is 5.91 Å². The van der Waals surface area contributed by atoms with Gasteiger partial charge in [-0.25, -0.2) is 0 Å². The zero-order valence-corrected chi connectivity index (χ0v) is 12.2. The molecule has 1 saturated heterocycles. The maximum atomic E-state index is 12.0. The molecule has 2 rings (SSSR count). The Labute approximate surface area is 121 Å². The summed E-state index contributed by atoms with van der Waals surface area (Å²) in [5, 5.41) is 0. The van der Waals surface area contributed by atoms with Crippen molar-refractivity contribution < 1.29 is 4.79 Å². The minimum atomic E-state index is 0.274. The zero-order chi connectivity index (χ0) is 14.5. The summed E-state index contributed by atoms with van der Waals surface area (Å²) in [7, 11) is 0. The smallest absolute Gasteiger partial charge is 0.223 e. The summed E-state index contributed by atoms with van der Waals surface area (Å²) in [6, 6.07) is 8.05. The van der Waals surface area contributed by atoms with Crippen LogP contribution in [0.2, 0.25) is 0 Å². The normalized spacial score (nSPS) is 18.3. The van der Waals surface area contributed by atoms with Crippen LogP contribution in [0, 0.1) is 23.7 Å². The second-order valence-electron chi connectivity index (χ2n) is 5.69. The molecule has 1 unspecified atom stereocenters. The van der Waals surface area contributed by atoms with Crippen LogP contribution in [0.15, 0.2) is 24.3 Å². The summed E-state index contributed by atoms with van der Waals surface area (Å²) >= 11 is 0. The molecule has 1 aliphatic rings. The predicted octanol–water partition coefficient (Wildman–Crippen LogP) is 2.00. The predicted molar refractivity (Wildman–Crippen MR) is 80.7 cm³/mol. The first-order valence-electron chi connectivity index (χ1n) is 7.15. The van der Waals surface area contributed by atoms with E-state index in [1.807, 2.05) is 29.2 Å². The molecule has 0 aromatic heterocycles. The molecule has 3 heteroatoms. The molecule has 1 heterocycles. The lowest BCUT2D eigenvalue weighted by atomic mass is 9.95. The number of amides is 1. The third kappa shape index (κ3) is 3.61. The van der Waals surface area contributed by atoms with E-state index in [1.165, 1.54) is 0 Å². The van der Waals surface area contributed by atoms with Crippen molar-refractivity contribution in [3.63, 3.8) is 0 Å². The van der Waals surface area contributed by atoms with Crippen molar-refractivity contribution in [3.05, 3.63) is 35.4 Å². The number of nitrogens with two attached hydrogens (primary N) is 1. The van der Waals surface area contributed by atoms with Gasteiger partial charge in [0, 0.05) is 25.1 Å². The van der Waals surface area contributed by atoms with E-state index in [4.69, 9.17) is 5.73 Å². The number of nitrogens with zero attached hydrogens (tertiary/aromatic N) is 1. The van der Waals surface area contributed by atoms with Gasteiger partial charge in [-0.1, -0.05) is 37.8 Å². The van der Waals surface area contributed by atoms with E-state index in [0.29, 0.717) is 31.3 Å². The summed E-state index contributed by atoms with van der Waals surface area (Å²) in [4.78, 5) is 14.0. The molecule has 2 N–H and O–H groups in total. The Hall–Kier alpha value is -1.79. The van der Waals surface area contributed by atoms with Gasteiger partial charge in [-0.3, -0.25) is 4.79 Å². The van der Waals surface area contributed by atoms with E-state index < -0.39 is 0 Å². The van der Waals surface area contributed by atoms with E-state index in [9.17, 15) is 4.79 Å². The van der Waals surface area contributed by atoms with Gasteiger partial charge < -0.3 is 10.6 Å². The topological polar surface area (TPSA) is 46.3 Å². The number of hydrogen-bond acceptors (Lipinski definition) is 2. The van der Waals surface area contributed by atoms with Crippen LogP contribution in [-0.4, -0.2) is 23.9 Å². The van der Waals surface area contributed by atoms with Gasteiger partial charge in [0.25, 0.3) is 0 Å². The van der Waals surface area contributed by atoms with Crippen LogP contribution in [0.3, 0.4) is 0 Å². The lowest BCUT2D eigenvalue weighted by Crippen LogP contribution is -2.25. The fraction of sp³-hybridized carbons (Fsp3) is 0.471. The number of carbonyl (C=O) groups excluding carboxylic acids is 1. The first-order valence-corrected chi connectivity index (χ1v) is 7.15. The summed E-state index contributed by atoms with van der Waals surface area (Å²) in [6.07, 6.45) is 0.692. The molecule has 0 spiro atoms. The zero-order valence-electron chi connectivity index (χ0n) is 12.2. The number of benzene rings is 1. The molecule has 1 aromatic rings. The van der Waals surface area contributed by atoms with Gasteiger partial charge in [0.15, 0.2) is 0 Å². The SMILES string of the molecule is CC(C)C1CC(=O)N(Cc2ccc(C#CCN)cc2)C1. The molecule has 20 heavy (non-hydrogen) atoms. The number of likely N-dealkylation sites (tertiary alicyclic amines) is 1. The summed E-state index contributed by atoms with van der Waals surface area (Å²) in [5.41, 5.74) is 7.47. The van der Waals surface area contributed by atoms with Crippen LogP contribution in [0.1, 0.15) is 31.4 Å². The second kappa shape index (κ2) is 6.58. The van der Waals surface area contributed by atoms with Crippen LogP contribution in [0.25, 0.3) is 0 Å². The Kier molecular flexibility index (Phi) is 4.81. The number of rotatable bonds is 3. The van der Waals surface area contributed by atoms with Crippen molar-refractivity contribution in [2.75, 3.05) is 13.1 Å². The van der Waals surface area contributed by atoms with E-state index in [1.54, 1.807) is 0 Å². The summed E-state index contributed by atoms with van der Waals surface area (Å²) < 4.78 is 0. The fourth-order valence-electron chi connectivity index (χ4n) is 2.47. The van der Waals surface area contributed by atoms with Gasteiger partial charge in [0.05, 0.1) is 6.54 Å². The summed E-state index contributed by atoms with van der Waals surface area (Å²) in [6.45, 7) is 6.33. The molecular weight excluding hydrogens is 248 g/mol. The van der Waals surface area contributed by atoms with Gasteiger partial charge in [-0.2, -0.15) is 0 Å². The Bertz CT molecular complexity index is 522. The monoisotopic (exact) mass is 270 g/mol. The Morgan fingerprint density at radius 3 is 2.60 bits per heavy atom. The third-order valence-corrected chi connectivity index (χ3v) is 3.85. The average molecular weight is 270 g/mol. The van der Waals surface area contributed by atoms with Crippen molar-refractivity contribution in [2.45, 2.75) is 26.8 Å². The van der Waals surface area contributed by atoms with Crippen molar-refractivity contribution in [2.24, 2.45) is 17.6 Å². The minimum absolute atomic E-state index is 0.274. The number of hydrogen-bond donors (Lipinski definition) is 1. The second-order valence-corrected chi connectivity index (χ2v) is 5.69. The van der Waals surface area contributed by atoms with E-state index in [0.717, 1.165) is 17.7 Å². The van der Waals surface area contributed by atoms with Gasteiger partial charge in [-0.15, -0.1) is 0 Å². The highest BCUT2D eigenvalue weighted by atomic mass is 16.2. The van der Waals surface area contributed by atoms with Crippen LogP contribution in [0.4, 0.5) is 0 Å². The molecule has 1 atom stereocenters. The van der Waals surface area contributed by atoms with Crippen LogP contribution < -0.4 is 5.73 Å². The van der Waals surface area contributed by atoms with Crippen molar-refractivity contribution >= 4 is 5.91 Å². The molecule has 0 radical (unpaired) electrons. The molecule has 1 aromatic carbocycles. The molecule has 106 valence electrons. The Morgan fingerprint density at radius 1 is 1.35 bits per heavy atom. The van der Waals surface area contributed by atoms with Crippen molar-refractivity contribution in [1.29, 1.82) is 0 Å².